The van der Waals surface area contributed by atoms with E-state index in [1.54, 1.807) is 0 Å². The molecule has 1 aliphatic rings. The highest BCUT2D eigenvalue weighted by molar-refractivity contribution is 7.15. The molecule has 5 heteroatoms. The van der Waals surface area contributed by atoms with Crippen LogP contribution < -0.4 is 10.2 Å². The van der Waals surface area contributed by atoms with Crippen molar-refractivity contribution in [2.45, 2.75) is 26.8 Å². The van der Waals surface area contributed by atoms with Crippen molar-refractivity contribution in [3.8, 4) is 0 Å². The first-order chi connectivity index (χ1) is 8.35. The molecule has 1 aromatic rings. The molecule has 0 atom stereocenters. The molecule has 2 heterocycles. The standard InChI is InChI=1S/C12H21N3OS/c1-3-10-11(9-13-4-2)17-12(14-10)15-5-7-16-8-6-15/h13H,3-9H2,1-2H3. The molecular weight excluding hydrogens is 234 g/mol. The van der Waals surface area contributed by atoms with Crippen LogP contribution in [-0.4, -0.2) is 37.8 Å². The van der Waals surface area contributed by atoms with Gasteiger partial charge in [-0.3, -0.25) is 0 Å². The molecule has 1 N–H and O–H groups in total. The number of ether oxygens (including phenoxy) is 1. The molecule has 0 radical (unpaired) electrons. The Labute approximate surface area is 107 Å². The molecule has 1 fully saturated rings. The van der Waals surface area contributed by atoms with E-state index in [-0.39, 0.29) is 0 Å². The van der Waals surface area contributed by atoms with Gasteiger partial charge in [-0.05, 0) is 13.0 Å². The molecule has 96 valence electrons. The van der Waals surface area contributed by atoms with E-state index in [0.717, 1.165) is 50.9 Å². The number of hydrogen-bond acceptors (Lipinski definition) is 5. The molecule has 4 nitrogen and oxygen atoms in total. The summed E-state index contributed by atoms with van der Waals surface area (Å²) in [5.74, 6) is 0. The Balaban J connectivity index is 2.08. The summed E-state index contributed by atoms with van der Waals surface area (Å²) in [6.45, 7) is 9.85. The average molecular weight is 255 g/mol. The molecule has 0 spiro atoms. The zero-order valence-corrected chi connectivity index (χ0v) is 11.5. The molecule has 0 amide bonds. The van der Waals surface area contributed by atoms with Gasteiger partial charge in [0.25, 0.3) is 0 Å². The summed E-state index contributed by atoms with van der Waals surface area (Å²) in [5.41, 5.74) is 1.25. The van der Waals surface area contributed by atoms with Crippen LogP contribution in [0.1, 0.15) is 24.4 Å². The van der Waals surface area contributed by atoms with Crippen LogP contribution in [0.2, 0.25) is 0 Å². The Morgan fingerprint density at radius 3 is 2.76 bits per heavy atom. The smallest absolute Gasteiger partial charge is 0.185 e. The SMILES string of the molecule is CCNCc1sc(N2CCOCC2)nc1CC. The van der Waals surface area contributed by atoms with Crippen molar-refractivity contribution < 1.29 is 4.74 Å². The van der Waals surface area contributed by atoms with E-state index >= 15 is 0 Å². The van der Waals surface area contributed by atoms with Crippen LogP contribution in [-0.2, 0) is 17.7 Å². The Hall–Kier alpha value is -0.650. The number of nitrogens with zero attached hydrogens (tertiary/aromatic N) is 2. The topological polar surface area (TPSA) is 37.4 Å². The van der Waals surface area contributed by atoms with E-state index in [1.807, 2.05) is 11.3 Å². The van der Waals surface area contributed by atoms with E-state index in [1.165, 1.54) is 10.6 Å². The lowest BCUT2D eigenvalue weighted by molar-refractivity contribution is 0.122. The largest absolute Gasteiger partial charge is 0.378 e. The van der Waals surface area contributed by atoms with Crippen molar-refractivity contribution in [2.75, 3.05) is 37.7 Å². The van der Waals surface area contributed by atoms with Crippen molar-refractivity contribution >= 4 is 16.5 Å². The van der Waals surface area contributed by atoms with E-state index in [2.05, 4.69) is 24.1 Å². The lowest BCUT2D eigenvalue weighted by Gasteiger charge is -2.26. The van der Waals surface area contributed by atoms with Crippen LogP contribution in [0, 0.1) is 0 Å². The molecule has 0 aromatic carbocycles. The fourth-order valence-corrected chi connectivity index (χ4v) is 3.08. The van der Waals surface area contributed by atoms with Gasteiger partial charge >= 0.3 is 0 Å². The maximum absolute atomic E-state index is 5.37. The van der Waals surface area contributed by atoms with E-state index in [9.17, 15) is 0 Å². The Bertz CT molecular complexity index is 348. The van der Waals surface area contributed by atoms with Crippen molar-refractivity contribution in [3.05, 3.63) is 10.6 Å². The third-order valence-corrected chi connectivity index (χ3v) is 4.08. The molecule has 0 unspecified atom stereocenters. The number of nitrogens with one attached hydrogen (secondary N) is 1. The summed E-state index contributed by atoms with van der Waals surface area (Å²) >= 11 is 1.83. The molecule has 0 bridgehead atoms. The minimum Gasteiger partial charge on any atom is -0.378 e. The van der Waals surface area contributed by atoms with Gasteiger partial charge in [-0.2, -0.15) is 0 Å². The number of rotatable bonds is 5. The fourth-order valence-electron chi connectivity index (χ4n) is 1.91. The molecule has 1 saturated heterocycles. The minimum absolute atomic E-state index is 0.823. The molecular formula is C12H21N3OS. The highest BCUT2D eigenvalue weighted by Gasteiger charge is 2.17. The molecule has 1 aliphatic heterocycles. The minimum atomic E-state index is 0.823. The summed E-state index contributed by atoms with van der Waals surface area (Å²) in [5, 5.41) is 4.55. The van der Waals surface area contributed by atoms with Gasteiger partial charge in [-0.15, -0.1) is 11.3 Å². The van der Waals surface area contributed by atoms with Gasteiger partial charge in [-0.25, -0.2) is 4.98 Å². The summed E-state index contributed by atoms with van der Waals surface area (Å²) in [7, 11) is 0. The molecule has 0 aliphatic carbocycles. The lowest BCUT2D eigenvalue weighted by atomic mass is 10.3. The lowest BCUT2D eigenvalue weighted by Crippen LogP contribution is -2.36. The number of anilines is 1. The van der Waals surface area contributed by atoms with Gasteiger partial charge in [0.2, 0.25) is 0 Å². The number of thiazole rings is 1. The average Bonchev–Trinajstić information content (AvgIpc) is 2.80. The summed E-state index contributed by atoms with van der Waals surface area (Å²) in [6, 6.07) is 0. The van der Waals surface area contributed by atoms with Gasteiger partial charge in [0, 0.05) is 24.5 Å². The Morgan fingerprint density at radius 2 is 2.12 bits per heavy atom. The summed E-state index contributed by atoms with van der Waals surface area (Å²) in [6.07, 6.45) is 1.02. The van der Waals surface area contributed by atoms with Crippen molar-refractivity contribution in [1.82, 2.24) is 10.3 Å². The van der Waals surface area contributed by atoms with Crippen LogP contribution in [0.25, 0.3) is 0 Å². The van der Waals surface area contributed by atoms with Crippen LogP contribution >= 0.6 is 11.3 Å². The van der Waals surface area contributed by atoms with Gasteiger partial charge in [0.1, 0.15) is 0 Å². The summed E-state index contributed by atoms with van der Waals surface area (Å²) < 4.78 is 5.37. The molecule has 17 heavy (non-hydrogen) atoms. The highest BCUT2D eigenvalue weighted by atomic mass is 32.1. The summed E-state index contributed by atoms with van der Waals surface area (Å²) in [4.78, 5) is 8.48. The fraction of sp³-hybridized carbons (Fsp3) is 0.750. The van der Waals surface area contributed by atoms with Crippen LogP contribution in [0.3, 0.4) is 0 Å². The normalized spacial score (nSPS) is 16.5. The zero-order valence-electron chi connectivity index (χ0n) is 10.7. The van der Waals surface area contributed by atoms with Gasteiger partial charge in [-0.1, -0.05) is 13.8 Å². The van der Waals surface area contributed by atoms with Crippen molar-refractivity contribution in [1.29, 1.82) is 0 Å². The predicted octanol–water partition coefficient (Wildman–Crippen LogP) is 1.65. The first-order valence-corrected chi connectivity index (χ1v) is 7.18. The first-order valence-electron chi connectivity index (χ1n) is 6.37. The van der Waals surface area contributed by atoms with E-state index in [4.69, 9.17) is 9.72 Å². The van der Waals surface area contributed by atoms with Gasteiger partial charge < -0.3 is 15.0 Å². The number of aromatic nitrogens is 1. The molecule has 1 aromatic heterocycles. The second kappa shape index (κ2) is 6.33. The second-order valence-corrected chi connectivity index (χ2v) is 5.16. The third kappa shape index (κ3) is 3.18. The monoisotopic (exact) mass is 255 g/mol. The Kier molecular flexibility index (Phi) is 4.76. The number of aryl methyl sites for hydroxylation is 1. The maximum Gasteiger partial charge on any atom is 0.185 e. The first kappa shape index (κ1) is 12.8. The number of hydrogen-bond donors (Lipinski definition) is 1. The molecule has 2 rings (SSSR count). The Morgan fingerprint density at radius 1 is 1.35 bits per heavy atom. The van der Waals surface area contributed by atoms with Crippen LogP contribution in [0.15, 0.2) is 0 Å². The molecule has 0 saturated carbocycles. The third-order valence-electron chi connectivity index (χ3n) is 2.92. The van der Waals surface area contributed by atoms with E-state index in [0.29, 0.717) is 0 Å². The van der Waals surface area contributed by atoms with Crippen molar-refractivity contribution in [3.63, 3.8) is 0 Å². The van der Waals surface area contributed by atoms with Crippen LogP contribution in [0.4, 0.5) is 5.13 Å². The zero-order chi connectivity index (χ0) is 12.1. The van der Waals surface area contributed by atoms with Crippen molar-refractivity contribution in [2.24, 2.45) is 0 Å². The second-order valence-electron chi connectivity index (χ2n) is 4.10. The van der Waals surface area contributed by atoms with Gasteiger partial charge in [0.05, 0.1) is 18.9 Å². The van der Waals surface area contributed by atoms with Gasteiger partial charge in [0.15, 0.2) is 5.13 Å². The highest BCUT2D eigenvalue weighted by Crippen LogP contribution is 2.27. The van der Waals surface area contributed by atoms with E-state index < -0.39 is 0 Å². The predicted molar refractivity (Wildman–Crippen MR) is 71.9 cm³/mol. The quantitative estimate of drug-likeness (QED) is 0.868. The van der Waals surface area contributed by atoms with Crippen LogP contribution in [0.5, 0.6) is 0 Å². The number of morpholine rings is 1. The maximum atomic E-state index is 5.37.